The third kappa shape index (κ3) is 6.85. The Labute approximate surface area is 348 Å². The van der Waals surface area contributed by atoms with Crippen molar-refractivity contribution in [3.8, 4) is 66.8 Å². The Morgan fingerprint density at radius 2 is 0.627 bits per heavy atom. The number of hydrogen-bond donors (Lipinski definition) is 0. The van der Waals surface area contributed by atoms with Crippen LogP contribution in [0, 0.1) is 6.92 Å². The lowest BCUT2D eigenvalue weighted by Crippen LogP contribution is -2.16. The Balaban J connectivity index is 0.945. The standard InChI is InChI=1S/C58H45N/c1-40-17-30-51(31-18-40)59(52-32-27-47(28-33-52)49-16-10-15-48(37-49)42-13-8-5-9-14-42)53-34-36-55-54-35-29-50(38-56(54)58(2,3)57(55)39-53)46-25-23-45(24-26-46)44-21-19-43(20-22-44)41-11-6-4-7-12-41/h4-39H,1-3H3. The highest BCUT2D eigenvalue weighted by molar-refractivity contribution is 5.88. The van der Waals surface area contributed by atoms with Crippen LogP contribution in [0.5, 0.6) is 0 Å². The van der Waals surface area contributed by atoms with Gasteiger partial charge in [0.15, 0.2) is 0 Å². The SMILES string of the molecule is Cc1ccc(N(c2ccc(-c3cccc(-c4ccccc4)c3)cc2)c2ccc3c(c2)C(C)(C)c2cc(-c4ccc(-c5ccc(-c6ccccc6)cc5)cc4)ccc2-3)cc1. The average Bonchev–Trinajstić information content (AvgIpc) is 3.52. The molecule has 0 heterocycles. The first-order valence-corrected chi connectivity index (χ1v) is 20.6. The first kappa shape index (κ1) is 36.1. The van der Waals surface area contributed by atoms with Gasteiger partial charge in [0.25, 0.3) is 0 Å². The Bertz CT molecular complexity index is 2900. The number of benzene rings is 9. The summed E-state index contributed by atoms with van der Waals surface area (Å²) in [5.74, 6) is 0. The van der Waals surface area contributed by atoms with Gasteiger partial charge in [-0.05, 0) is 133 Å². The van der Waals surface area contributed by atoms with Gasteiger partial charge in [0.05, 0.1) is 0 Å². The number of fused-ring (bicyclic) bond motifs is 3. The third-order valence-electron chi connectivity index (χ3n) is 12.2. The van der Waals surface area contributed by atoms with Gasteiger partial charge >= 0.3 is 0 Å². The normalized spacial score (nSPS) is 12.5. The van der Waals surface area contributed by atoms with E-state index in [1.165, 1.54) is 83.5 Å². The van der Waals surface area contributed by atoms with Crippen LogP contribution in [0.25, 0.3) is 66.8 Å². The van der Waals surface area contributed by atoms with Crippen LogP contribution in [0.2, 0.25) is 0 Å². The summed E-state index contributed by atoms with van der Waals surface area (Å²) < 4.78 is 0. The number of nitrogens with zero attached hydrogens (tertiary/aromatic N) is 1. The molecular weight excluding hydrogens is 711 g/mol. The predicted octanol–water partition coefficient (Wildman–Crippen LogP) is 16.1. The summed E-state index contributed by atoms with van der Waals surface area (Å²) >= 11 is 0. The van der Waals surface area contributed by atoms with E-state index in [2.05, 4.69) is 244 Å². The van der Waals surface area contributed by atoms with Crippen LogP contribution in [0.1, 0.15) is 30.5 Å². The van der Waals surface area contributed by atoms with Crippen LogP contribution < -0.4 is 4.90 Å². The topological polar surface area (TPSA) is 3.24 Å². The molecule has 1 aliphatic carbocycles. The van der Waals surface area contributed by atoms with Crippen LogP contribution in [0.4, 0.5) is 17.1 Å². The summed E-state index contributed by atoms with van der Waals surface area (Å²) in [5.41, 5.74) is 22.1. The minimum Gasteiger partial charge on any atom is -0.310 e. The van der Waals surface area contributed by atoms with E-state index in [1.54, 1.807) is 0 Å². The van der Waals surface area contributed by atoms with Crippen molar-refractivity contribution in [3.63, 3.8) is 0 Å². The third-order valence-corrected chi connectivity index (χ3v) is 12.2. The second kappa shape index (κ2) is 14.9. The zero-order valence-corrected chi connectivity index (χ0v) is 33.7. The second-order valence-electron chi connectivity index (χ2n) is 16.3. The van der Waals surface area contributed by atoms with Gasteiger partial charge in [0.2, 0.25) is 0 Å². The van der Waals surface area contributed by atoms with Crippen LogP contribution in [-0.4, -0.2) is 0 Å². The first-order chi connectivity index (χ1) is 28.9. The quantitative estimate of drug-likeness (QED) is 0.149. The smallest absolute Gasteiger partial charge is 0.0465 e. The molecule has 0 atom stereocenters. The average molecular weight is 756 g/mol. The van der Waals surface area contributed by atoms with E-state index < -0.39 is 0 Å². The second-order valence-corrected chi connectivity index (χ2v) is 16.3. The fourth-order valence-electron chi connectivity index (χ4n) is 8.84. The minimum atomic E-state index is -0.177. The molecule has 0 amide bonds. The molecule has 59 heavy (non-hydrogen) atoms. The molecule has 1 heteroatoms. The highest BCUT2D eigenvalue weighted by Crippen LogP contribution is 2.51. The van der Waals surface area contributed by atoms with E-state index in [-0.39, 0.29) is 5.41 Å². The van der Waals surface area contributed by atoms with Crippen molar-refractivity contribution < 1.29 is 0 Å². The molecule has 9 aromatic carbocycles. The molecule has 0 N–H and O–H groups in total. The van der Waals surface area contributed by atoms with Gasteiger partial charge in [-0.15, -0.1) is 0 Å². The monoisotopic (exact) mass is 755 g/mol. The summed E-state index contributed by atoms with van der Waals surface area (Å²) in [6.07, 6.45) is 0. The summed E-state index contributed by atoms with van der Waals surface area (Å²) in [6, 6.07) is 79.9. The van der Waals surface area contributed by atoms with Crippen molar-refractivity contribution in [2.45, 2.75) is 26.2 Å². The lowest BCUT2D eigenvalue weighted by molar-refractivity contribution is 0.660. The number of aryl methyl sites for hydroxylation is 1. The van der Waals surface area contributed by atoms with E-state index in [0.717, 1.165) is 17.1 Å². The summed E-state index contributed by atoms with van der Waals surface area (Å²) in [5, 5.41) is 0. The zero-order chi connectivity index (χ0) is 39.9. The fraction of sp³-hybridized carbons (Fsp3) is 0.0690. The number of rotatable bonds is 8. The van der Waals surface area contributed by atoms with Crippen molar-refractivity contribution in [1.29, 1.82) is 0 Å². The van der Waals surface area contributed by atoms with Crippen LogP contribution >= 0.6 is 0 Å². The number of hydrogen-bond acceptors (Lipinski definition) is 1. The van der Waals surface area contributed by atoms with Crippen molar-refractivity contribution >= 4 is 17.1 Å². The molecule has 10 rings (SSSR count). The molecule has 1 nitrogen and oxygen atoms in total. The molecule has 9 aromatic rings. The van der Waals surface area contributed by atoms with E-state index in [1.807, 2.05) is 0 Å². The van der Waals surface area contributed by atoms with Gasteiger partial charge in [0, 0.05) is 22.5 Å². The van der Waals surface area contributed by atoms with Crippen LogP contribution in [0.15, 0.2) is 218 Å². The highest BCUT2D eigenvalue weighted by Gasteiger charge is 2.36. The highest BCUT2D eigenvalue weighted by atomic mass is 15.1. The lowest BCUT2D eigenvalue weighted by Gasteiger charge is -2.28. The van der Waals surface area contributed by atoms with Crippen molar-refractivity contribution in [1.82, 2.24) is 0 Å². The maximum atomic E-state index is 2.42. The number of anilines is 3. The van der Waals surface area contributed by atoms with Crippen molar-refractivity contribution in [2.24, 2.45) is 0 Å². The Kier molecular flexibility index (Phi) is 9.15. The first-order valence-electron chi connectivity index (χ1n) is 20.6. The zero-order valence-electron chi connectivity index (χ0n) is 33.7. The van der Waals surface area contributed by atoms with Crippen LogP contribution in [-0.2, 0) is 5.41 Å². The van der Waals surface area contributed by atoms with Gasteiger partial charge in [-0.25, -0.2) is 0 Å². The van der Waals surface area contributed by atoms with Gasteiger partial charge < -0.3 is 4.90 Å². The molecule has 0 fully saturated rings. The molecule has 1 aliphatic rings. The maximum Gasteiger partial charge on any atom is 0.0465 e. The van der Waals surface area contributed by atoms with Crippen LogP contribution in [0.3, 0.4) is 0 Å². The molecule has 0 saturated carbocycles. The molecule has 282 valence electrons. The van der Waals surface area contributed by atoms with Gasteiger partial charge in [0.1, 0.15) is 0 Å². The van der Waals surface area contributed by atoms with E-state index in [9.17, 15) is 0 Å². The summed E-state index contributed by atoms with van der Waals surface area (Å²) in [7, 11) is 0. The fourth-order valence-corrected chi connectivity index (χ4v) is 8.84. The molecular formula is C58H45N. The van der Waals surface area contributed by atoms with E-state index in [4.69, 9.17) is 0 Å². The van der Waals surface area contributed by atoms with E-state index >= 15 is 0 Å². The Morgan fingerprint density at radius 1 is 0.288 bits per heavy atom. The maximum absolute atomic E-state index is 2.42. The molecule has 0 unspecified atom stereocenters. The van der Waals surface area contributed by atoms with Gasteiger partial charge in [-0.2, -0.15) is 0 Å². The van der Waals surface area contributed by atoms with Gasteiger partial charge in [-0.1, -0.05) is 189 Å². The Morgan fingerprint density at radius 3 is 1.15 bits per heavy atom. The summed E-state index contributed by atoms with van der Waals surface area (Å²) in [6.45, 7) is 6.90. The van der Waals surface area contributed by atoms with Crippen molar-refractivity contribution in [3.05, 3.63) is 235 Å². The van der Waals surface area contributed by atoms with E-state index in [0.29, 0.717) is 0 Å². The van der Waals surface area contributed by atoms with Crippen molar-refractivity contribution in [2.75, 3.05) is 4.90 Å². The molecule has 0 bridgehead atoms. The van der Waals surface area contributed by atoms with Gasteiger partial charge in [-0.3, -0.25) is 0 Å². The molecule has 0 spiro atoms. The molecule has 0 aromatic heterocycles. The molecule has 0 aliphatic heterocycles. The predicted molar refractivity (Wildman–Crippen MR) is 251 cm³/mol. The molecule has 0 radical (unpaired) electrons. The molecule has 0 saturated heterocycles. The minimum absolute atomic E-state index is 0.177. The lowest BCUT2D eigenvalue weighted by atomic mass is 9.81. The summed E-state index contributed by atoms with van der Waals surface area (Å²) in [4.78, 5) is 2.39. The Hall–Kier alpha value is -7.22. The largest absolute Gasteiger partial charge is 0.310 e.